The maximum Gasteiger partial charge on any atom is 0.293 e. The molecule has 2 heteroatoms. The van der Waals surface area contributed by atoms with Gasteiger partial charge in [0.15, 0.2) is 0 Å². The second kappa shape index (κ2) is 11.9. The van der Waals surface area contributed by atoms with E-state index in [4.69, 9.17) is 4.74 Å². The van der Waals surface area contributed by atoms with Gasteiger partial charge >= 0.3 is 0 Å². The Hall–Kier alpha value is -1.31. The molecule has 1 aliphatic carbocycles. The highest BCUT2D eigenvalue weighted by atomic mass is 16.5. The van der Waals surface area contributed by atoms with Crippen molar-refractivity contribution in [2.75, 3.05) is 0 Å². The minimum absolute atomic E-state index is 0.0725. The molecule has 0 spiro atoms. The summed E-state index contributed by atoms with van der Waals surface area (Å²) >= 11 is 0. The van der Waals surface area contributed by atoms with Crippen molar-refractivity contribution in [3.63, 3.8) is 0 Å². The molecule has 0 radical (unpaired) electrons. The molecule has 30 heavy (non-hydrogen) atoms. The fourth-order valence-electron chi connectivity index (χ4n) is 4.60. The summed E-state index contributed by atoms with van der Waals surface area (Å²) in [5, 5.41) is 0. The lowest BCUT2D eigenvalue weighted by Crippen LogP contribution is -2.12. The first-order valence-electron chi connectivity index (χ1n) is 12.5. The van der Waals surface area contributed by atoms with Crippen LogP contribution in [0.1, 0.15) is 120 Å². The smallest absolute Gasteiger partial charge is 0.293 e. The van der Waals surface area contributed by atoms with Crippen molar-refractivity contribution in [1.29, 1.82) is 0 Å². The number of ether oxygens (including phenoxy) is 1. The van der Waals surface area contributed by atoms with Gasteiger partial charge in [0.2, 0.25) is 0 Å². The fraction of sp³-hybridized carbons (Fsp3) is 0.750. The molecular formula is C28H46O2. The molecule has 0 bridgehead atoms. The van der Waals surface area contributed by atoms with Gasteiger partial charge in [0, 0.05) is 0 Å². The highest BCUT2D eigenvalue weighted by molar-refractivity contribution is 5.39. The van der Waals surface area contributed by atoms with Gasteiger partial charge in [-0.1, -0.05) is 65.0 Å². The predicted molar refractivity (Wildman–Crippen MR) is 128 cm³/mol. The van der Waals surface area contributed by atoms with Crippen LogP contribution in [0.25, 0.3) is 0 Å². The molecule has 1 aromatic rings. The minimum Gasteiger partial charge on any atom is -0.461 e. The monoisotopic (exact) mass is 414 g/mol. The normalized spacial score (nSPS) is 15.2. The zero-order valence-corrected chi connectivity index (χ0v) is 20.4. The molecule has 1 aromatic carbocycles. The highest BCUT2D eigenvalue weighted by Gasteiger charge is 2.44. The maximum atomic E-state index is 10.6. The Morgan fingerprint density at radius 2 is 1.37 bits per heavy atom. The molecule has 0 amide bonds. The van der Waals surface area contributed by atoms with Crippen LogP contribution in [-0.2, 0) is 22.4 Å². The van der Waals surface area contributed by atoms with E-state index in [9.17, 15) is 4.79 Å². The van der Waals surface area contributed by atoms with E-state index >= 15 is 0 Å². The Bertz CT molecular complexity index is 649. The van der Waals surface area contributed by atoms with Gasteiger partial charge in [-0.15, -0.1) is 0 Å². The molecule has 1 saturated carbocycles. The van der Waals surface area contributed by atoms with Gasteiger partial charge in [-0.25, -0.2) is 0 Å². The van der Waals surface area contributed by atoms with E-state index in [0.29, 0.717) is 11.9 Å². The second-order valence-electron chi connectivity index (χ2n) is 11.0. The summed E-state index contributed by atoms with van der Waals surface area (Å²) in [4.78, 5) is 10.6. The molecular weight excluding hydrogens is 368 g/mol. The van der Waals surface area contributed by atoms with Crippen LogP contribution < -0.4 is 0 Å². The van der Waals surface area contributed by atoms with Gasteiger partial charge in [0.1, 0.15) is 5.60 Å². The molecule has 0 unspecified atom stereocenters. The average Bonchev–Trinajstić information content (AvgIpc) is 3.42. The quantitative estimate of drug-likeness (QED) is 0.214. The predicted octanol–water partition coefficient (Wildman–Crippen LogP) is 8.04. The first-order chi connectivity index (χ1) is 14.2. The third-order valence-electron chi connectivity index (χ3n) is 6.85. The summed E-state index contributed by atoms with van der Waals surface area (Å²) in [6.07, 6.45) is 17.3. The van der Waals surface area contributed by atoms with Crippen LogP contribution in [0.15, 0.2) is 12.1 Å². The molecule has 1 fully saturated rings. The van der Waals surface area contributed by atoms with Gasteiger partial charge in [-0.05, 0) is 99.3 Å². The molecule has 2 nitrogen and oxygen atoms in total. The molecule has 0 atom stereocenters. The molecule has 0 saturated heterocycles. The van der Waals surface area contributed by atoms with Crippen molar-refractivity contribution in [3.8, 4) is 0 Å². The number of carbonyl (C=O) groups is 1. The lowest BCUT2D eigenvalue weighted by atomic mass is 9.89. The number of aryl methyl sites for hydroxylation is 4. The van der Waals surface area contributed by atoms with Crippen LogP contribution in [0.4, 0.5) is 0 Å². The number of benzene rings is 1. The van der Waals surface area contributed by atoms with Crippen LogP contribution in [0.5, 0.6) is 0 Å². The second-order valence-corrected chi connectivity index (χ2v) is 11.0. The van der Waals surface area contributed by atoms with E-state index in [-0.39, 0.29) is 5.60 Å². The summed E-state index contributed by atoms with van der Waals surface area (Å²) in [5.74, 6) is 0. The minimum atomic E-state index is -0.0725. The third kappa shape index (κ3) is 9.23. The summed E-state index contributed by atoms with van der Waals surface area (Å²) in [6.45, 7) is 12.2. The molecule has 1 aliphatic rings. The molecule has 0 heterocycles. The highest BCUT2D eigenvalue weighted by Crippen LogP contribution is 2.43. The van der Waals surface area contributed by atoms with E-state index in [0.717, 1.165) is 19.3 Å². The number of rotatable bonds is 15. The van der Waals surface area contributed by atoms with Gasteiger partial charge in [0.25, 0.3) is 6.47 Å². The van der Waals surface area contributed by atoms with Crippen molar-refractivity contribution in [2.45, 2.75) is 130 Å². The lowest BCUT2D eigenvalue weighted by Gasteiger charge is -2.17. The molecule has 0 aromatic heterocycles. The zero-order valence-electron chi connectivity index (χ0n) is 20.4. The summed E-state index contributed by atoms with van der Waals surface area (Å²) in [6, 6.07) is 4.90. The van der Waals surface area contributed by atoms with E-state index < -0.39 is 0 Å². The fourth-order valence-corrected chi connectivity index (χ4v) is 4.60. The van der Waals surface area contributed by atoms with Crippen LogP contribution in [0.3, 0.4) is 0 Å². The van der Waals surface area contributed by atoms with Crippen LogP contribution in [-0.4, -0.2) is 12.1 Å². The van der Waals surface area contributed by atoms with Crippen molar-refractivity contribution in [3.05, 3.63) is 34.4 Å². The Kier molecular flexibility index (Phi) is 9.91. The van der Waals surface area contributed by atoms with Crippen molar-refractivity contribution < 1.29 is 9.53 Å². The largest absolute Gasteiger partial charge is 0.461 e. The number of unbranched alkanes of at least 4 members (excludes halogenated alkanes) is 6. The van der Waals surface area contributed by atoms with E-state index in [1.54, 1.807) is 11.1 Å². The maximum absolute atomic E-state index is 10.6. The number of carbonyl (C=O) groups excluding carboxylic acids is 1. The molecule has 170 valence electrons. The summed E-state index contributed by atoms with van der Waals surface area (Å²) in [7, 11) is 0. The van der Waals surface area contributed by atoms with E-state index in [1.165, 1.54) is 81.8 Å². The van der Waals surface area contributed by atoms with Crippen molar-refractivity contribution in [1.82, 2.24) is 0 Å². The Balaban J connectivity index is 1.66. The van der Waals surface area contributed by atoms with Gasteiger partial charge in [-0.3, -0.25) is 4.79 Å². The first kappa shape index (κ1) is 25.0. The SMILES string of the molecule is Cc1cc(C)c(CCCCCCC2(OC=O)CC2)cc1CCCCCCC(C)(C)C. The third-order valence-corrected chi connectivity index (χ3v) is 6.85. The van der Waals surface area contributed by atoms with Gasteiger partial charge in [0.05, 0.1) is 0 Å². The topological polar surface area (TPSA) is 26.3 Å². The van der Waals surface area contributed by atoms with E-state index in [1.807, 2.05) is 0 Å². The average molecular weight is 415 g/mol. The van der Waals surface area contributed by atoms with Gasteiger partial charge < -0.3 is 4.74 Å². The Morgan fingerprint density at radius 1 is 0.833 bits per heavy atom. The zero-order chi connectivity index (χ0) is 22.0. The molecule has 0 aliphatic heterocycles. The Labute approximate surface area is 186 Å². The Morgan fingerprint density at radius 3 is 1.87 bits per heavy atom. The van der Waals surface area contributed by atoms with Crippen LogP contribution in [0, 0.1) is 19.3 Å². The number of hydrogen-bond donors (Lipinski definition) is 0. The van der Waals surface area contributed by atoms with Crippen molar-refractivity contribution >= 4 is 6.47 Å². The van der Waals surface area contributed by atoms with Crippen LogP contribution >= 0.6 is 0 Å². The van der Waals surface area contributed by atoms with Crippen molar-refractivity contribution in [2.24, 2.45) is 5.41 Å². The van der Waals surface area contributed by atoms with E-state index in [2.05, 4.69) is 46.8 Å². The van der Waals surface area contributed by atoms with Crippen LogP contribution in [0.2, 0.25) is 0 Å². The summed E-state index contributed by atoms with van der Waals surface area (Å²) in [5.41, 5.74) is 6.44. The standard InChI is InChI=1S/C28H46O2/c1-23-20-24(2)26(15-11-7-9-13-17-28(18-19-28)30-22-29)21-25(23)14-10-6-8-12-16-27(3,4)5/h20-22H,6-19H2,1-5H3. The first-order valence-corrected chi connectivity index (χ1v) is 12.5. The lowest BCUT2D eigenvalue weighted by molar-refractivity contribution is -0.135. The molecule has 0 N–H and O–H groups in total. The van der Waals surface area contributed by atoms with Gasteiger partial charge in [-0.2, -0.15) is 0 Å². The molecule has 2 rings (SSSR count). The number of hydrogen-bond acceptors (Lipinski definition) is 2. The summed E-state index contributed by atoms with van der Waals surface area (Å²) < 4.78 is 5.24.